The monoisotopic (exact) mass is 276 g/mol. The van der Waals surface area contributed by atoms with Crippen LogP contribution in [0, 0.1) is 5.41 Å². The maximum Gasteiger partial charge on any atom is 0.316 e. The summed E-state index contributed by atoms with van der Waals surface area (Å²) in [7, 11) is 0. The average Bonchev–Trinajstić information content (AvgIpc) is 2.45. The number of hydrogen-bond donors (Lipinski definition) is 0. The number of ether oxygens (including phenoxy) is 3. The van der Waals surface area contributed by atoms with Gasteiger partial charge in [0.05, 0.1) is 6.61 Å². The molecular weight excluding hydrogens is 256 g/mol. The lowest BCUT2D eigenvalue weighted by Gasteiger charge is -2.28. The van der Waals surface area contributed by atoms with E-state index in [9.17, 15) is 4.79 Å². The summed E-state index contributed by atoms with van der Waals surface area (Å²) in [6, 6.07) is 0. The minimum atomic E-state index is -0.834. The molecule has 0 aromatic heterocycles. The molecule has 2 fully saturated rings. The molecule has 7 heteroatoms. The maximum absolute atomic E-state index is 11.8. The van der Waals surface area contributed by atoms with E-state index in [4.69, 9.17) is 14.2 Å². The Morgan fingerprint density at radius 1 is 1.26 bits per heavy atom. The minimum absolute atomic E-state index is 0.110. The third-order valence-corrected chi connectivity index (χ3v) is 3.10. The number of carbonyl (C=O) groups excluding carboxylic acids is 1. The van der Waals surface area contributed by atoms with Gasteiger partial charge in [0, 0.05) is 6.61 Å². The van der Waals surface area contributed by atoms with Crippen molar-refractivity contribution in [3.05, 3.63) is 0 Å². The summed E-state index contributed by atoms with van der Waals surface area (Å²) in [6.45, 7) is 3.16. The van der Waals surface area contributed by atoms with E-state index in [0.29, 0.717) is 6.61 Å². The van der Waals surface area contributed by atoms with Crippen molar-refractivity contribution in [3.63, 3.8) is 0 Å². The molecule has 7 nitrogen and oxygen atoms in total. The van der Waals surface area contributed by atoms with Crippen molar-refractivity contribution in [2.45, 2.75) is 32.5 Å². The average molecular weight is 276 g/mol. The van der Waals surface area contributed by atoms with Crippen LogP contribution in [0.3, 0.4) is 0 Å². The van der Waals surface area contributed by atoms with Crippen molar-refractivity contribution in [1.82, 2.24) is 0 Å². The fraction of sp³-hybridized carbons (Fsp3) is 0.917. The fourth-order valence-electron chi connectivity index (χ4n) is 1.83. The highest BCUT2D eigenvalue weighted by Gasteiger charge is 2.39. The molecule has 1 unspecified atom stereocenters. The molecule has 0 radical (unpaired) electrons. The Morgan fingerprint density at radius 3 is 2.74 bits per heavy atom. The standard InChI is InChI=1S/C12H20O7/c1-12(8-17-19-18-9-12)11(13)16-7-6-15-10-4-2-3-5-14-10/h10H,2-9H2,1H3. The molecule has 110 valence electrons. The molecule has 0 N–H and O–H groups in total. The molecule has 2 heterocycles. The zero-order valence-electron chi connectivity index (χ0n) is 11.1. The Bertz CT molecular complexity index is 282. The molecule has 0 aliphatic carbocycles. The molecule has 0 aromatic rings. The van der Waals surface area contributed by atoms with Crippen LogP contribution in [0.4, 0.5) is 0 Å². The van der Waals surface area contributed by atoms with E-state index < -0.39 is 5.41 Å². The van der Waals surface area contributed by atoms with E-state index >= 15 is 0 Å². The van der Waals surface area contributed by atoms with Crippen LogP contribution in [0.2, 0.25) is 0 Å². The topological polar surface area (TPSA) is 72.5 Å². The second-order valence-electron chi connectivity index (χ2n) is 4.96. The second-order valence-corrected chi connectivity index (χ2v) is 4.96. The Kier molecular flexibility index (Phi) is 5.53. The molecule has 0 aromatic carbocycles. The lowest BCUT2D eigenvalue weighted by molar-refractivity contribution is -0.546. The number of carbonyl (C=O) groups is 1. The molecule has 0 amide bonds. The molecule has 2 aliphatic rings. The highest BCUT2D eigenvalue weighted by atomic mass is 17.5. The summed E-state index contributed by atoms with van der Waals surface area (Å²) in [5.74, 6) is -0.385. The lowest BCUT2D eigenvalue weighted by Crippen LogP contribution is -2.42. The van der Waals surface area contributed by atoms with Crippen LogP contribution < -0.4 is 0 Å². The van der Waals surface area contributed by atoms with E-state index in [2.05, 4.69) is 14.8 Å². The lowest BCUT2D eigenvalue weighted by atomic mass is 9.93. The van der Waals surface area contributed by atoms with E-state index in [1.54, 1.807) is 6.92 Å². The van der Waals surface area contributed by atoms with Gasteiger partial charge in [-0.1, -0.05) is 5.04 Å². The second kappa shape index (κ2) is 7.16. The first kappa shape index (κ1) is 14.7. The normalized spacial score (nSPS) is 26.9. The molecule has 0 bridgehead atoms. The van der Waals surface area contributed by atoms with E-state index in [1.807, 2.05) is 0 Å². The van der Waals surface area contributed by atoms with E-state index in [0.717, 1.165) is 25.9 Å². The molecule has 2 saturated heterocycles. The van der Waals surface area contributed by atoms with E-state index in [1.165, 1.54) is 0 Å². The van der Waals surface area contributed by atoms with Gasteiger partial charge in [0.2, 0.25) is 0 Å². The predicted molar refractivity (Wildman–Crippen MR) is 61.6 cm³/mol. The first-order valence-corrected chi connectivity index (χ1v) is 6.52. The van der Waals surface area contributed by atoms with Crippen molar-refractivity contribution >= 4 is 5.97 Å². The largest absolute Gasteiger partial charge is 0.463 e. The van der Waals surface area contributed by atoms with Crippen LogP contribution in [0.5, 0.6) is 0 Å². The van der Waals surface area contributed by atoms with Gasteiger partial charge in [-0.3, -0.25) is 4.79 Å². The van der Waals surface area contributed by atoms with Crippen LogP contribution in [-0.2, 0) is 33.8 Å². The zero-order valence-corrected chi connectivity index (χ0v) is 11.1. The van der Waals surface area contributed by atoms with Crippen molar-refractivity contribution < 1.29 is 33.8 Å². The van der Waals surface area contributed by atoms with Gasteiger partial charge in [-0.15, -0.1) is 0 Å². The summed E-state index contributed by atoms with van der Waals surface area (Å²) >= 11 is 0. The molecule has 1 atom stereocenters. The summed E-state index contributed by atoms with van der Waals surface area (Å²) < 4.78 is 16.0. The molecule has 0 spiro atoms. The Hall–Kier alpha value is -0.730. The van der Waals surface area contributed by atoms with Crippen molar-refractivity contribution in [2.75, 3.05) is 33.0 Å². The Labute approximate surface area is 111 Å². The third kappa shape index (κ3) is 4.39. The zero-order chi connectivity index (χ0) is 13.6. The summed E-state index contributed by atoms with van der Waals surface area (Å²) in [5, 5.41) is 4.27. The Balaban J connectivity index is 1.60. The van der Waals surface area contributed by atoms with E-state index in [-0.39, 0.29) is 32.1 Å². The number of esters is 1. The number of rotatable bonds is 5. The Morgan fingerprint density at radius 2 is 2.05 bits per heavy atom. The van der Waals surface area contributed by atoms with Gasteiger partial charge < -0.3 is 14.2 Å². The van der Waals surface area contributed by atoms with Gasteiger partial charge in [0.25, 0.3) is 0 Å². The molecule has 19 heavy (non-hydrogen) atoms. The van der Waals surface area contributed by atoms with Crippen LogP contribution >= 0.6 is 0 Å². The van der Waals surface area contributed by atoms with Gasteiger partial charge in [0.1, 0.15) is 25.2 Å². The van der Waals surface area contributed by atoms with Crippen LogP contribution in [0.1, 0.15) is 26.2 Å². The van der Waals surface area contributed by atoms with Crippen LogP contribution in [0.15, 0.2) is 0 Å². The highest BCUT2D eigenvalue weighted by molar-refractivity contribution is 5.76. The van der Waals surface area contributed by atoms with Gasteiger partial charge in [-0.25, -0.2) is 9.78 Å². The molecule has 0 saturated carbocycles. The molecular formula is C12H20O7. The van der Waals surface area contributed by atoms with Gasteiger partial charge in [-0.2, -0.15) is 0 Å². The minimum Gasteiger partial charge on any atom is -0.463 e. The quantitative estimate of drug-likeness (QED) is 0.421. The molecule has 2 aliphatic heterocycles. The van der Waals surface area contributed by atoms with Crippen molar-refractivity contribution in [3.8, 4) is 0 Å². The van der Waals surface area contributed by atoms with Gasteiger partial charge >= 0.3 is 5.97 Å². The highest BCUT2D eigenvalue weighted by Crippen LogP contribution is 2.23. The summed E-state index contributed by atoms with van der Waals surface area (Å²) in [6.07, 6.45) is 2.91. The number of hydrogen-bond acceptors (Lipinski definition) is 7. The smallest absolute Gasteiger partial charge is 0.316 e. The summed E-state index contributed by atoms with van der Waals surface area (Å²) in [4.78, 5) is 21.1. The maximum atomic E-state index is 11.8. The van der Waals surface area contributed by atoms with Crippen molar-refractivity contribution in [1.29, 1.82) is 0 Å². The third-order valence-electron chi connectivity index (χ3n) is 3.10. The summed E-state index contributed by atoms with van der Waals surface area (Å²) in [5.41, 5.74) is -0.834. The van der Waals surface area contributed by atoms with Crippen molar-refractivity contribution in [2.24, 2.45) is 5.41 Å². The van der Waals surface area contributed by atoms with Gasteiger partial charge in [-0.05, 0) is 26.2 Å². The fourth-order valence-corrected chi connectivity index (χ4v) is 1.83. The molecule has 2 rings (SSSR count). The predicted octanol–water partition coefficient (Wildman–Crippen LogP) is 0.972. The van der Waals surface area contributed by atoms with Gasteiger partial charge in [0.15, 0.2) is 6.29 Å². The SMILES string of the molecule is CC1(C(=O)OCCOC2CCCCO2)COOOC1. The first-order chi connectivity index (χ1) is 9.21. The van der Waals surface area contributed by atoms with Crippen LogP contribution in [-0.4, -0.2) is 45.3 Å². The van der Waals surface area contributed by atoms with Crippen LogP contribution in [0.25, 0.3) is 0 Å². The first-order valence-electron chi connectivity index (χ1n) is 6.52.